The third kappa shape index (κ3) is 16.6. The van der Waals surface area contributed by atoms with Gasteiger partial charge < -0.3 is 106 Å². The number of benzene rings is 8. The van der Waals surface area contributed by atoms with Crippen LogP contribution in [-0.4, -0.2) is 143 Å². The summed E-state index contributed by atoms with van der Waals surface area (Å²) in [5.41, 5.74) is -1.10. The number of fused-ring (bicyclic) bond motifs is 14. The summed E-state index contributed by atoms with van der Waals surface area (Å²) in [6, 6.07) is 17.8. The number of halogens is 2. The molecular formula is C75H71Cl2N9O20. The van der Waals surface area contributed by atoms with Gasteiger partial charge in [-0.3, -0.25) is 28.8 Å². The van der Waals surface area contributed by atoms with Gasteiger partial charge in [0.2, 0.25) is 41.2 Å². The number of aliphatic hydroxyl groups excluding tert-OH is 1. The van der Waals surface area contributed by atoms with Crippen molar-refractivity contribution < 1.29 is 97.4 Å². The standard InChI is InChI=1S/C75H71Cl2N9O20/c1-86(2)21-20-78-19-7-8-22-102-67-57-30-42-31-58(67)106-55-18-14-40(28-49(55)77)66(92)65-73(98)83-64(74(99)101-3)47-33-44(88)34-53(91)59(47)46-27-38(12-15-51(46)89)60(70(95)84-65)81-72(97)63(42)82-71(96)62-41-25-43(87)32-45(26-41)104-56-29-39(13-16-52(56)90)61(85-75(100)103-35-36-9-5-4-6-10-36)69(94)79-50(68(93)80-62)24-37-11-17-54(105-57)48(76)23-37/h4-6,9-18,23,25-34,50,60-66,78,87-92H,7-8,19-22,24,35H2,1-3H3,(H,79,94)(H,80,93)(H,81,97)(H,82,96)(H,83,98)(H,84,95)(H,85,100)/t50-,60-,61-,62+,63-,64-,65+,66-/m1/s1. The summed E-state index contributed by atoms with van der Waals surface area (Å²) < 4.78 is 36.8. The summed E-state index contributed by atoms with van der Waals surface area (Å²) in [4.78, 5) is 123. The van der Waals surface area contributed by atoms with Crippen molar-refractivity contribution in [2.75, 3.05) is 47.4 Å². The number of esters is 1. The van der Waals surface area contributed by atoms with Crippen molar-refractivity contribution in [3.63, 3.8) is 0 Å². The van der Waals surface area contributed by atoms with Crippen LogP contribution in [0.3, 0.4) is 0 Å². The van der Waals surface area contributed by atoms with Crippen LogP contribution in [0.2, 0.25) is 10.0 Å². The maximum Gasteiger partial charge on any atom is 0.408 e. The minimum atomic E-state index is -2.17. The largest absolute Gasteiger partial charge is 0.508 e. The molecule has 6 heterocycles. The average molecular weight is 1490 g/mol. The number of ether oxygens (including phenoxy) is 6. The normalized spacial score (nSPS) is 19.9. The zero-order valence-corrected chi connectivity index (χ0v) is 58.2. The van der Waals surface area contributed by atoms with Gasteiger partial charge in [-0.25, -0.2) is 9.59 Å². The van der Waals surface area contributed by atoms with Crippen molar-refractivity contribution in [3.05, 3.63) is 200 Å². The summed E-state index contributed by atoms with van der Waals surface area (Å²) in [6.07, 6.45) is -2.57. The van der Waals surface area contributed by atoms with Gasteiger partial charge in [0.1, 0.15) is 89.2 Å². The Morgan fingerprint density at radius 1 is 0.566 bits per heavy atom. The Kier molecular flexibility index (Phi) is 22.2. The lowest BCUT2D eigenvalue weighted by atomic mass is 9.89. The van der Waals surface area contributed by atoms with Crippen molar-refractivity contribution in [3.8, 4) is 80.1 Å². The van der Waals surface area contributed by atoms with Crippen LogP contribution in [0.5, 0.6) is 69.0 Å². The molecule has 0 saturated heterocycles. The highest BCUT2D eigenvalue weighted by atomic mass is 35.5. The molecule has 0 unspecified atom stereocenters. The van der Waals surface area contributed by atoms with Gasteiger partial charge >= 0.3 is 12.1 Å². The predicted octanol–water partition coefficient (Wildman–Crippen LogP) is 7.65. The van der Waals surface area contributed by atoms with Crippen LogP contribution >= 0.6 is 23.2 Å². The van der Waals surface area contributed by atoms with Gasteiger partial charge in [0, 0.05) is 48.3 Å². The number of methoxy groups -OCH3 is 1. The van der Waals surface area contributed by atoms with Gasteiger partial charge in [-0.1, -0.05) is 77.8 Å². The average Bonchev–Trinajstić information content (AvgIpc) is 0.743. The lowest BCUT2D eigenvalue weighted by molar-refractivity contribution is -0.146. The molecule has 550 valence electrons. The Morgan fingerprint density at radius 3 is 1.90 bits per heavy atom. The van der Waals surface area contributed by atoms with Gasteiger partial charge in [-0.15, -0.1) is 0 Å². The molecule has 7 amide bonds. The zero-order valence-electron chi connectivity index (χ0n) is 56.7. The minimum Gasteiger partial charge on any atom is -0.508 e. The number of aromatic hydroxyl groups is 5. The molecule has 14 rings (SSSR count). The molecule has 29 nitrogen and oxygen atoms in total. The summed E-state index contributed by atoms with van der Waals surface area (Å²) in [5.74, 6) is -13.0. The lowest BCUT2D eigenvalue weighted by Gasteiger charge is -2.31. The van der Waals surface area contributed by atoms with Gasteiger partial charge in [0.25, 0.3) is 0 Å². The first-order valence-electron chi connectivity index (χ1n) is 33.3. The van der Waals surface area contributed by atoms with Gasteiger partial charge in [-0.05, 0) is 151 Å². The monoisotopic (exact) mass is 1490 g/mol. The molecule has 0 radical (unpaired) electrons. The maximum absolute atomic E-state index is 16.3. The molecule has 8 aromatic rings. The van der Waals surface area contributed by atoms with Crippen molar-refractivity contribution >= 4 is 70.7 Å². The third-order valence-electron chi connectivity index (χ3n) is 17.8. The lowest BCUT2D eigenvalue weighted by Crippen LogP contribution is -2.55. The van der Waals surface area contributed by atoms with E-state index in [2.05, 4.69) is 42.5 Å². The van der Waals surface area contributed by atoms with E-state index in [9.17, 15) is 40.2 Å². The fraction of sp³-hybridized carbons (Fsp3) is 0.253. The van der Waals surface area contributed by atoms with E-state index >= 15 is 28.8 Å². The molecule has 0 fully saturated rings. The number of hydrogen-bond donors (Lipinski definition) is 14. The Hall–Kier alpha value is -12.0. The van der Waals surface area contributed by atoms with Crippen molar-refractivity contribution in [1.29, 1.82) is 0 Å². The molecule has 17 bridgehead atoms. The highest BCUT2D eigenvalue weighted by Crippen LogP contribution is 2.49. The topological polar surface area (TPSA) is 413 Å². The minimum absolute atomic E-state index is 0.00158. The quantitative estimate of drug-likeness (QED) is 0.0389. The molecule has 0 aliphatic carbocycles. The molecule has 8 atom stereocenters. The van der Waals surface area contributed by atoms with Crippen LogP contribution in [0.4, 0.5) is 4.79 Å². The number of aliphatic hydroxyl groups is 1. The number of carbonyl (C=O) groups excluding carboxylic acids is 8. The number of carbonyl (C=O) groups is 8. The van der Waals surface area contributed by atoms with E-state index in [4.69, 9.17) is 51.6 Å². The number of alkyl carbamates (subject to hydrolysis) is 1. The first-order chi connectivity index (χ1) is 50.9. The van der Waals surface area contributed by atoms with Crippen LogP contribution < -0.4 is 61.5 Å². The summed E-state index contributed by atoms with van der Waals surface area (Å²) in [6.45, 7) is 1.82. The summed E-state index contributed by atoms with van der Waals surface area (Å²) >= 11 is 14.3. The maximum atomic E-state index is 16.3. The summed E-state index contributed by atoms with van der Waals surface area (Å²) in [7, 11) is 4.87. The van der Waals surface area contributed by atoms with Gasteiger partial charge in [0.15, 0.2) is 29.0 Å². The molecule has 0 aromatic heterocycles. The van der Waals surface area contributed by atoms with Crippen LogP contribution in [0.1, 0.15) is 93.7 Å². The SMILES string of the molecule is COC(=O)[C@@H]1NC(=O)[C@H]2NC(=O)[C@H](NC(=O)[C@@H]3NC(=O)[C@H]4NC(=O)[C@@H](Cc5ccc(c(Cl)c5)Oc5cc3cc(c5OCCCCNCCN(C)C)Oc3ccc(cc3Cl)[C@H]2O)NC(=O)[C@H](NC(=O)OCc2ccccc2)c2ccc(O)c(c2)Oc2cc(O)cc4c2)c2ccc(O)c(c2)-c2c(O)cc(O)cc21. The van der Waals surface area contributed by atoms with Gasteiger partial charge in [-0.2, -0.15) is 0 Å². The molecule has 0 spiro atoms. The van der Waals surface area contributed by atoms with Crippen LogP contribution in [-0.2, 0) is 56.1 Å². The van der Waals surface area contributed by atoms with Crippen molar-refractivity contribution in [1.82, 2.24) is 47.4 Å². The molecule has 14 N–H and O–H groups in total. The number of unbranched alkanes of at least 4 members (excludes halogenated alkanes) is 1. The highest BCUT2D eigenvalue weighted by Gasteiger charge is 2.42. The molecule has 8 aromatic carbocycles. The Bertz CT molecular complexity index is 4780. The molecular weight excluding hydrogens is 1420 g/mol. The number of nitrogens with zero attached hydrogens (tertiary/aromatic N) is 1. The van der Waals surface area contributed by atoms with Crippen molar-refractivity contribution in [2.45, 2.75) is 74.3 Å². The number of rotatable bonds is 13. The van der Waals surface area contributed by atoms with E-state index in [1.54, 1.807) is 30.3 Å². The third-order valence-corrected chi connectivity index (χ3v) is 18.4. The van der Waals surface area contributed by atoms with Crippen LogP contribution in [0.15, 0.2) is 146 Å². The van der Waals surface area contributed by atoms with Crippen LogP contribution in [0.25, 0.3) is 11.1 Å². The number of phenols is 5. The smallest absolute Gasteiger partial charge is 0.408 e. The second-order valence-corrected chi connectivity index (χ2v) is 26.3. The second-order valence-electron chi connectivity index (χ2n) is 25.5. The number of hydrogen-bond acceptors (Lipinski definition) is 22. The van der Waals surface area contributed by atoms with E-state index in [1.807, 2.05) is 19.0 Å². The highest BCUT2D eigenvalue weighted by molar-refractivity contribution is 6.32. The number of phenolic OH excluding ortho intramolecular Hbond substituents is 5. The summed E-state index contributed by atoms with van der Waals surface area (Å²) in [5, 5.41) is 91.0. The molecule has 31 heteroatoms. The number of likely N-dealkylation sites (N-methyl/N-ethyl adjacent to an activating group) is 1. The Balaban J connectivity index is 1.05. The zero-order chi connectivity index (χ0) is 75.2. The van der Waals surface area contributed by atoms with Gasteiger partial charge in [0.05, 0.1) is 23.8 Å². The van der Waals surface area contributed by atoms with E-state index in [0.29, 0.717) is 31.5 Å². The van der Waals surface area contributed by atoms with Crippen molar-refractivity contribution in [2.24, 2.45) is 0 Å². The fourth-order valence-electron chi connectivity index (χ4n) is 12.4. The Labute approximate surface area is 614 Å². The molecule has 6 aliphatic rings. The first kappa shape index (κ1) is 73.7. The Morgan fingerprint density at radius 2 is 1.20 bits per heavy atom. The predicted molar refractivity (Wildman–Crippen MR) is 379 cm³/mol. The number of amides is 7. The fourth-order valence-corrected chi connectivity index (χ4v) is 12.9. The van der Waals surface area contributed by atoms with E-state index in [1.165, 1.54) is 72.8 Å². The van der Waals surface area contributed by atoms with E-state index in [-0.39, 0.29) is 108 Å². The second kappa shape index (κ2) is 31.9. The number of nitrogens with one attached hydrogen (secondary N) is 8. The molecule has 0 saturated carbocycles. The van der Waals surface area contributed by atoms with E-state index < -0.39 is 137 Å². The molecule has 106 heavy (non-hydrogen) atoms. The molecule has 6 aliphatic heterocycles. The van der Waals surface area contributed by atoms with Crippen LogP contribution in [0, 0.1) is 0 Å². The first-order valence-corrected chi connectivity index (χ1v) is 34.0. The van der Waals surface area contributed by atoms with E-state index in [0.717, 1.165) is 56.1 Å².